The quantitative estimate of drug-likeness (QED) is 0.721. The lowest BCUT2D eigenvalue weighted by Gasteiger charge is -2.07. The molecule has 0 spiro atoms. The van der Waals surface area contributed by atoms with Crippen LogP contribution in [0.5, 0.6) is 0 Å². The number of aliphatic hydroxyl groups is 1. The molecule has 0 aliphatic rings. The van der Waals surface area contributed by atoms with Gasteiger partial charge in [-0.2, -0.15) is 5.10 Å². The highest BCUT2D eigenvalue weighted by atomic mass is 19.2. The smallest absolute Gasteiger partial charge is 0.277 e. The van der Waals surface area contributed by atoms with Gasteiger partial charge in [0.2, 0.25) is 0 Å². The molecule has 6 nitrogen and oxygen atoms in total. The largest absolute Gasteiger partial charge is 0.387 e. The minimum Gasteiger partial charge on any atom is -0.387 e. The van der Waals surface area contributed by atoms with Crippen molar-refractivity contribution in [2.45, 2.75) is 19.4 Å². The Morgan fingerprint density at radius 1 is 1.07 bits per heavy atom. The van der Waals surface area contributed by atoms with Gasteiger partial charge in [-0.3, -0.25) is 4.79 Å². The number of rotatable bonds is 5. The van der Waals surface area contributed by atoms with E-state index >= 15 is 0 Å². The summed E-state index contributed by atoms with van der Waals surface area (Å²) < 4.78 is 26.2. The summed E-state index contributed by atoms with van der Waals surface area (Å²) >= 11 is 0. The highest BCUT2D eigenvalue weighted by Gasteiger charge is 2.11. The van der Waals surface area contributed by atoms with Gasteiger partial charge < -0.3 is 10.4 Å². The van der Waals surface area contributed by atoms with Gasteiger partial charge in [0, 0.05) is 6.20 Å². The molecule has 3 rings (SSSR count). The van der Waals surface area contributed by atoms with E-state index in [1.807, 2.05) is 0 Å². The first kappa shape index (κ1) is 18.5. The molecule has 0 saturated carbocycles. The van der Waals surface area contributed by atoms with E-state index in [4.69, 9.17) is 0 Å². The van der Waals surface area contributed by atoms with Crippen LogP contribution in [0.3, 0.4) is 0 Å². The molecule has 2 N–H and O–H groups in total. The van der Waals surface area contributed by atoms with Crippen LogP contribution in [0.4, 0.5) is 14.6 Å². The third kappa shape index (κ3) is 4.68. The molecule has 2 aromatic heterocycles. The van der Waals surface area contributed by atoms with Crippen molar-refractivity contribution in [2.24, 2.45) is 0 Å². The van der Waals surface area contributed by atoms with Crippen LogP contribution >= 0.6 is 0 Å². The molecule has 1 amide bonds. The summed E-state index contributed by atoms with van der Waals surface area (Å²) in [5.41, 5.74) is 1.85. The summed E-state index contributed by atoms with van der Waals surface area (Å²) in [6, 6.07) is 10.0. The zero-order valence-electron chi connectivity index (χ0n) is 14.4. The van der Waals surface area contributed by atoms with E-state index in [0.29, 0.717) is 23.5 Å². The fourth-order valence-electron chi connectivity index (χ4n) is 2.36. The fraction of sp³-hybridized carbons (Fsp3) is 0.158. The van der Waals surface area contributed by atoms with Gasteiger partial charge in [-0.1, -0.05) is 12.1 Å². The average molecular weight is 370 g/mol. The number of nitrogens with zero attached hydrogens (tertiary/aromatic N) is 3. The second-order valence-corrected chi connectivity index (χ2v) is 5.95. The van der Waals surface area contributed by atoms with Crippen LogP contribution < -0.4 is 5.32 Å². The van der Waals surface area contributed by atoms with Crippen molar-refractivity contribution in [1.29, 1.82) is 0 Å². The molecular formula is C19H16F2N4O2. The number of pyridine rings is 1. The van der Waals surface area contributed by atoms with Crippen molar-refractivity contribution in [1.82, 2.24) is 15.2 Å². The van der Waals surface area contributed by atoms with Crippen molar-refractivity contribution in [3.63, 3.8) is 0 Å². The standard InChI is InChI=1S/C19H16F2N4O2/c1-11(26)16-5-6-17(25-24-16)19(27)23-18-7-3-13(10-22-18)8-12-2-4-14(20)15(21)9-12/h2-7,9-11,26H,8H2,1H3,(H,22,23,27). The van der Waals surface area contributed by atoms with E-state index in [2.05, 4.69) is 20.5 Å². The second kappa shape index (κ2) is 7.96. The maximum atomic E-state index is 13.3. The molecular weight excluding hydrogens is 354 g/mol. The van der Waals surface area contributed by atoms with Crippen molar-refractivity contribution < 1.29 is 18.7 Å². The Hall–Kier alpha value is -3.26. The number of carbonyl (C=O) groups excluding carboxylic acids is 1. The average Bonchev–Trinajstić information content (AvgIpc) is 2.66. The summed E-state index contributed by atoms with van der Waals surface area (Å²) in [7, 11) is 0. The summed E-state index contributed by atoms with van der Waals surface area (Å²) in [6.45, 7) is 1.55. The van der Waals surface area contributed by atoms with Gasteiger partial charge in [0.05, 0.1) is 11.8 Å². The van der Waals surface area contributed by atoms with Crippen LogP contribution in [0.15, 0.2) is 48.7 Å². The van der Waals surface area contributed by atoms with E-state index in [1.165, 1.54) is 18.2 Å². The summed E-state index contributed by atoms with van der Waals surface area (Å²) in [5, 5.41) is 19.5. The molecule has 2 heterocycles. The van der Waals surface area contributed by atoms with E-state index in [1.54, 1.807) is 25.3 Å². The van der Waals surface area contributed by atoms with E-state index in [-0.39, 0.29) is 5.69 Å². The van der Waals surface area contributed by atoms with E-state index < -0.39 is 23.6 Å². The number of aromatic nitrogens is 3. The Bertz CT molecular complexity index is 945. The van der Waals surface area contributed by atoms with Gasteiger partial charge in [-0.15, -0.1) is 5.10 Å². The highest BCUT2D eigenvalue weighted by molar-refractivity contribution is 6.02. The maximum Gasteiger partial charge on any atom is 0.277 e. The maximum absolute atomic E-state index is 13.3. The third-order valence-corrected chi connectivity index (χ3v) is 3.80. The van der Waals surface area contributed by atoms with Crippen molar-refractivity contribution in [3.05, 3.63) is 82.8 Å². The lowest BCUT2D eigenvalue weighted by Crippen LogP contribution is -2.16. The van der Waals surface area contributed by atoms with Gasteiger partial charge in [0.1, 0.15) is 5.82 Å². The lowest BCUT2D eigenvalue weighted by molar-refractivity contribution is 0.102. The Kier molecular flexibility index (Phi) is 5.46. The van der Waals surface area contributed by atoms with Crippen LogP contribution in [-0.2, 0) is 6.42 Å². The number of halogens is 2. The van der Waals surface area contributed by atoms with Crippen molar-refractivity contribution in [2.75, 3.05) is 5.32 Å². The normalized spacial score (nSPS) is 11.9. The molecule has 0 aliphatic heterocycles. The molecule has 0 radical (unpaired) electrons. The Morgan fingerprint density at radius 2 is 1.85 bits per heavy atom. The molecule has 27 heavy (non-hydrogen) atoms. The van der Waals surface area contributed by atoms with Crippen LogP contribution in [0.25, 0.3) is 0 Å². The molecule has 8 heteroatoms. The Balaban J connectivity index is 1.64. The summed E-state index contributed by atoms with van der Waals surface area (Å²) in [5.74, 6) is -1.96. The first-order chi connectivity index (χ1) is 12.9. The fourth-order valence-corrected chi connectivity index (χ4v) is 2.36. The predicted molar refractivity (Wildman–Crippen MR) is 94.0 cm³/mol. The lowest BCUT2D eigenvalue weighted by atomic mass is 10.1. The molecule has 3 aromatic rings. The first-order valence-corrected chi connectivity index (χ1v) is 8.14. The molecule has 0 saturated heterocycles. The Morgan fingerprint density at radius 3 is 2.44 bits per heavy atom. The molecule has 0 fully saturated rings. The zero-order chi connectivity index (χ0) is 19.4. The highest BCUT2D eigenvalue weighted by Crippen LogP contribution is 2.15. The number of carbonyl (C=O) groups is 1. The number of amides is 1. The van der Waals surface area contributed by atoms with Gasteiger partial charge in [0.25, 0.3) is 5.91 Å². The molecule has 1 unspecified atom stereocenters. The first-order valence-electron chi connectivity index (χ1n) is 8.14. The number of aliphatic hydroxyl groups excluding tert-OH is 1. The van der Waals surface area contributed by atoms with Crippen molar-refractivity contribution >= 4 is 11.7 Å². The number of benzene rings is 1. The molecule has 1 atom stereocenters. The van der Waals surface area contributed by atoms with Gasteiger partial charge in [-0.05, 0) is 54.8 Å². The SMILES string of the molecule is CC(O)c1ccc(C(=O)Nc2ccc(Cc3ccc(F)c(F)c3)cn2)nn1. The zero-order valence-corrected chi connectivity index (χ0v) is 14.4. The van der Waals surface area contributed by atoms with Crippen LogP contribution in [0, 0.1) is 11.6 Å². The van der Waals surface area contributed by atoms with E-state index in [9.17, 15) is 18.7 Å². The number of nitrogens with one attached hydrogen (secondary N) is 1. The second-order valence-electron chi connectivity index (χ2n) is 5.95. The van der Waals surface area contributed by atoms with Crippen LogP contribution in [-0.4, -0.2) is 26.2 Å². The van der Waals surface area contributed by atoms with E-state index in [0.717, 1.165) is 17.7 Å². The number of hydrogen-bond acceptors (Lipinski definition) is 5. The minimum atomic E-state index is -0.896. The minimum absolute atomic E-state index is 0.0899. The van der Waals surface area contributed by atoms with Gasteiger partial charge in [0.15, 0.2) is 17.3 Å². The summed E-state index contributed by atoms with van der Waals surface area (Å²) in [6.07, 6.45) is 1.16. The molecule has 1 aromatic carbocycles. The predicted octanol–water partition coefficient (Wildman–Crippen LogP) is 3.05. The van der Waals surface area contributed by atoms with Gasteiger partial charge in [-0.25, -0.2) is 13.8 Å². The topological polar surface area (TPSA) is 88.0 Å². The monoisotopic (exact) mass is 370 g/mol. The molecule has 0 bridgehead atoms. The number of hydrogen-bond donors (Lipinski definition) is 2. The van der Waals surface area contributed by atoms with Crippen molar-refractivity contribution in [3.8, 4) is 0 Å². The Labute approximate surface area is 153 Å². The van der Waals surface area contributed by atoms with Gasteiger partial charge >= 0.3 is 0 Å². The third-order valence-electron chi connectivity index (χ3n) is 3.80. The molecule has 0 aliphatic carbocycles. The molecule has 138 valence electrons. The number of anilines is 1. The summed E-state index contributed by atoms with van der Waals surface area (Å²) in [4.78, 5) is 16.3. The van der Waals surface area contributed by atoms with Crippen LogP contribution in [0.1, 0.15) is 40.3 Å². The van der Waals surface area contributed by atoms with Crippen LogP contribution in [0.2, 0.25) is 0 Å².